The average molecular weight is 405 g/mol. The van der Waals surface area contributed by atoms with Crippen molar-refractivity contribution in [3.63, 3.8) is 0 Å². The van der Waals surface area contributed by atoms with Crippen molar-refractivity contribution in [2.75, 3.05) is 13.1 Å². The van der Waals surface area contributed by atoms with Gasteiger partial charge in [0, 0.05) is 43.0 Å². The number of rotatable bonds is 9. The van der Waals surface area contributed by atoms with Gasteiger partial charge in [0.25, 0.3) is 0 Å². The van der Waals surface area contributed by atoms with E-state index in [9.17, 15) is 9.59 Å². The van der Waals surface area contributed by atoms with Gasteiger partial charge >= 0.3 is 0 Å². The van der Waals surface area contributed by atoms with E-state index in [0.29, 0.717) is 31.2 Å². The molecule has 0 aliphatic heterocycles. The number of nitrogens with one attached hydrogen (secondary N) is 2. The number of benzene rings is 2. The summed E-state index contributed by atoms with van der Waals surface area (Å²) in [5.41, 5.74) is 2.69. The van der Waals surface area contributed by atoms with Crippen molar-refractivity contribution in [3.05, 3.63) is 66.6 Å². The number of carbonyl (C=O) groups excluding carboxylic acids is 2. The Labute approximate surface area is 176 Å². The highest BCUT2D eigenvalue weighted by Crippen LogP contribution is 2.32. The molecule has 30 heavy (non-hydrogen) atoms. The maximum atomic E-state index is 12.1. The van der Waals surface area contributed by atoms with E-state index in [2.05, 4.69) is 15.6 Å². The lowest BCUT2D eigenvalue weighted by molar-refractivity contribution is -0.124. The molecule has 0 bridgehead atoms. The normalized spacial score (nSPS) is 10.8. The molecular weight excluding hydrogens is 378 g/mol. The van der Waals surface area contributed by atoms with Crippen LogP contribution in [0.2, 0.25) is 0 Å². The molecule has 0 radical (unpaired) electrons. The Bertz CT molecular complexity index is 909. The molecule has 0 spiro atoms. The number of hydrogen-bond acceptors (Lipinski definition) is 4. The van der Waals surface area contributed by atoms with Crippen molar-refractivity contribution in [3.8, 4) is 22.6 Å². The van der Waals surface area contributed by atoms with Crippen molar-refractivity contribution in [2.24, 2.45) is 5.92 Å². The van der Waals surface area contributed by atoms with Crippen molar-refractivity contribution < 1.29 is 14.0 Å². The molecule has 0 atom stereocenters. The summed E-state index contributed by atoms with van der Waals surface area (Å²) in [6.07, 6.45) is 0.665. The van der Waals surface area contributed by atoms with Crippen LogP contribution >= 0.6 is 0 Å². The number of nitrogens with zero attached hydrogens (tertiary/aromatic N) is 1. The molecule has 156 valence electrons. The molecule has 3 rings (SSSR count). The van der Waals surface area contributed by atoms with Crippen LogP contribution in [0.1, 0.15) is 26.2 Å². The van der Waals surface area contributed by atoms with Gasteiger partial charge in [0.2, 0.25) is 11.8 Å². The summed E-state index contributed by atoms with van der Waals surface area (Å²) in [6, 6.07) is 19.7. The van der Waals surface area contributed by atoms with Crippen molar-refractivity contribution in [2.45, 2.75) is 26.7 Å². The van der Waals surface area contributed by atoms with Gasteiger partial charge in [-0.25, -0.2) is 4.98 Å². The van der Waals surface area contributed by atoms with E-state index in [0.717, 1.165) is 16.8 Å². The zero-order chi connectivity index (χ0) is 21.3. The van der Waals surface area contributed by atoms with Crippen molar-refractivity contribution in [1.82, 2.24) is 15.6 Å². The quantitative estimate of drug-likeness (QED) is 0.530. The standard InChI is InChI=1S/C24H27N3O3/c1-17(2)24(29)26-16-15-25-20(28)13-14-21-27-22(18-9-5-3-6-10-18)23(30-21)19-11-7-4-8-12-19/h3-12,17H,13-16H2,1-2H3,(H,25,28)(H,26,29). The number of hydrogen-bond donors (Lipinski definition) is 2. The second kappa shape index (κ2) is 10.4. The zero-order valence-corrected chi connectivity index (χ0v) is 17.4. The molecular formula is C24H27N3O3. The highest BCUT2D eigenvalue weighted by Gasteiger charge is 2.17. The van der Waals surface area contributed by atoms with E-state index in [4.69, 9.17) is 4.42 Å². The third kappa shape index (κ3) is 5.80. The third-order valence-corrected chi connectivity index (χ3v) is 4.59. The molecule has 0 aliphatic rings. The first-order valence-corrected chi connectivity index (χ1v) is 10.2. The summed E-state index contributed by atoms with van der Waals surface area (Å²) >= 11 is 0. The molecule has 2 N–H and O–H groups in total. The van der Waals surface area contributed by atoms with Gasteiger partial charge in [-0.1, -0.05) is 74.5 Å². The summed E-state index contributed by atoms with van der Waals surface area (Å²) in [6.45, 7) is 4.47. The number of amides is 2. The number of aryl methyl sites for hydroxylation is 1. The lowest BCUT2D eigenvalue weighted by atomic mass is 10.1. The lowest BCUT2D eigenvalue weighted by Gasteiger charge is -2.08. The fourth-order valence-electron chi connectivity index (χ4n) is 2.95. The van der Waals surface area contributed by atoms with E-state index in [1.165, 1.54) is 0 Å². The molecule has 0 fully saturated rings. The second-order valence-electron chi connectivity index (χ2n) is 7.31. The molecule has 2 amide bonds. The number of carbonyl (C=O) groups is 2. The second-order valence-corrected chi connectivity index (χ2v) is 7.31. The van der Waals surface area contributed by atoms with Crippen LogP contribution < -0.4 is 10.6 Å². The fraction of sp³-hybridized carbons (Fsp3) is 0.292. The Morgan fingerprint density at radius 1 is 0.900 bits per heavy atom. The summed E-state index contributed by atoms with van der Waals surface area (Å²) in [5.74, 6) is 1.04. The summed E-state index contributed by atoms with van der Waals surface area (Å²) < 4.78 is 6.04. The predicted molar refractivity (Wildman–Crippen MR) is 117 cm³/mol. The Kier molecular flexibility index (Phi) is 7.38. The van der Waals surface area contributed by atoms with Crippen LogP contribution in [0.25, 0.3) is 22.6 Å². The van der Waals surface area contributed by atoms with Crippen LogP contribution in [0, 0.1) is 5.92 Å². The minimum absolute atomic E-state index is 0.0223. The molecule has 6 heteroatoms. The van der Waals surface area contributed by atoms with Crippen LogP contribution in [0.4, 0.5) is 0 Å². The third-order valence-electron chi connectivity index (χ3n) is 4.59. The molecule has 1 heterocycles. The molecule has 0 unspecified atom stereocenters. The zero-order valence-electron chi connectivity index (χ0n) is 17.4. The summed E-state index contributed by atoms with van der Waals surface area (Å²) in [7, 11) is 0. The van der Waals surface area contributed by atoms with E-state index < -0.39 is 0 Å². The Balaban J connectivity index is 1.62. The molecule has 0 saturated carbocycles. The number of oxazole rings is 1. The van der Waals surface area contributed by atoms with Gasteiger partial charge in [-0.05, 0) is 0 Å². The van der Waals surface area contributed by atoms with Crippen LogP contribution in [-0.2, 0) is 16.0 Å². The Morgan fingerprint density at radius 2 is 1.50 bits per heavy atom. The molecule has 0 aliphatic carbocycles. The minimum Gasteiger partial charge on any atom is -0.440 e. The molecule has 0 saturated heterocycles. The largest absolute Gasteiger partial charge is 0.440 e. The molecule has 3 aromatic rings. The Morgan fingerprint density at radius 3 is 2.13 bits per heavy atom. The van der Waals surface area contributed by atoms with Crippen molar-refractivity contribution in [1.29, 1.82) is 0 Å². The SMILES string of the molecule is CC(C)C(=O)NCCNC(=O)CCc1nc(-c2ccccc2)c(-c2ccccc2)o1. The van der Waals surface area contributed by atoms with Crippen molar-refractivity contribution >= 4 is 11.8 Å². The van der Waals surface area contributed by atoms with E-state index in [-0.39, 0.29) is 24.2 Å². The topological polar surface area (TPSA) is 84.2 Å². The lowest BCUT2D eigenvalue weighted by Crippen LogP contribution is -2.36. The number of aromatic nitrogens is 1. The average Bonchev–Trinajstić information content (AvgIpc) is 3.20. The van der Waals surface area contributed by atoms with Gasteiger partial charge in [-0.3, -0.25) is 9.59 Å². The van der Waals surface area contributed by atoms with Crippen LogP contribution in [0.3, 0.4) is 0 Å². The first-order chi connectivity index (χ1) is 14.5. The maximum absolute atomic E-state index is 12.1. The molecule has 6 nitrogen and oxygen atoms in total. The first kappa shape index (κ1) is 21.3. The van der Waals surface area contributed by atoms with Crippen LogP contribution in [0.5, 0.6) is 0 Å². The summed E-state index contributed by atoms with van der Waals surface area (Å²) in [5, 5.41) is 5.58. The highest BCUT2D eigenvalue weighted by atomic mass is 16.4. The predicted octanol–water partition coefficient (Wildman–Crippen LogP) is 3.83. The Hall–Kier alpha value is -3.41. The van der Waals surface area contributed by atoms with E-state index in [1.807, 2.05) is 74.5 Å². The van der Waals surface area contributed by atoms with Gasteiger partial charge in [-0.2, -0.15) is 0 Å². The maximum Gasteiger partial charge on any atom is 0.222 e. The van der Waals surface area contributed by atoms with Gasteiger partial charge in [0.1, 0.15) is 5.69 Å². The molecule has 1 aromatic heterocycles. The monoisotopic (exact) mass is 405 g/mol. The van der Waals surface area contributed by atoms with Gasteiger partial charge in [-0.15, -0.1) is 0 Å². The van der Waals surface area contributed by atoms with Gasteiger partial charge in [0.05, 0.1) is 0 Å². The molecule has 2 aromatic carbocycles. The van der Waals surface area contributed by atoms with Gasteiger partial charge < -0.3 is 15.1 Å². The van der Waals surface area contributed by atoms with Crippen LogP contribution in [-0.4, -0.2) is 29.9 Å². The smallest absolute Gasteiger partial charge is 0.222 e. The highest BCUT2D eigenvalue weighted by molar-refractivity contribution is 5.79. The minimum atomic E-state index is -0.102. The van der Waals surface area contributed by atoms with Gasteiger partial charge in [0.15, 0.2) is 11.7 Å². The fourth-order valence-corrected chi connectivity index (χ4v) is 2.95. The summed E-state index contributed by atoms with van der Waals surface area (Å²) in [4.78, 5) is 28.3. The first-order valence-electron chi connectivity index (χ1n) is 10.2. The van der Waals surface area contributed by atoms with E-state index >= 15 is 0 Å². The van der Waals surface area contributed by atoms with Crippen LogP contribution in [0.15, 0.2) is 65.1 Å². The van der Waals surface area contributed by atoms with E-state index in [1.54, 1.807) is 0 Å².